The van der Waals surface area contributed by atoms with Crippen LogP contribution in [0.4, 0.5) is 0 Å². The van der Waals surface area contributed by atoms with E-state index in [1.165, 1.54) is 0 Å². The first kappa shape index (κ1) is 20.1. The van der Waals surface area contributed by atoms with Crippen molar-refractivity contribution >= 4 is 23.6 Å². The van der Waals surface area contributed by atoms with Crippen LogP contribution in [0.3, 0.4) is 0 Å². The van der Waals surface area contributed by atoms with Gasteiger partial charge in [0.1, 0.15) is 11.8 Å². The van der Waals surface area contributed by atoms with Gasteiger partial charge in [0.25, 0.3) is 11.8 Å². The lowest BCUT2D eigenvalue weighted by molar-refractivity contribution is -0.136. The van der Waals surface area contributed by atoms with Crippen molar-refractivity contribution in [2.45, 2.75) is 43.9 Å². The third kappa shape index (κ3) is 3.82. The molecular weight excluding hydrogens is 404 g/mol. The highest BCUT2D eigenvalue weighted by atomic mass is 16.7. The van der Waals surface area contributed by atoms with Gasteiger partial charge in [-0.3, -0.25) is 29.4 Å². The number of benzene rings is 1. The van der Waals surface area contributed by atoms with Crippen molar-refractivity contribution in [2.24, 2.45) is 0 Å². The lowest BCUT2D eigenvalue weighted by Crippen LogP contribution is -2.54. The van der Waals surface area contributed by atoms with E-state index in [1.54, 1.807) is 18.2 Å². The summed E-state index contributed by atoms with van der Waals surface area (Å²) in [6.45, 7) is 3.23. The predicted molar refractivity (Wildman–Crippen MR) is 106 cm³/mol. The molecule has 10 nitrogen and oxygen atoms in total. The topological polar surface area (TPSA) is 117 Å². The zero-order valence-corrected chi connectivity index (χ0v) is 17.0. The maximum atomic E-state index is 12.9. The molecule has 4 aliphatic rings. The van der Waals surface area contributed by atoms with Crippen molar-refractivity contribution in [2.75, 3.05) is 26.2 Å². The molecule has 1 atom stereocenters. The normalized spacial score (nSPS) is 25.4. The number of carbonyl (C=O) groups excluding carboxylic acids is 4. The fourth-order valence-corrected chi connectivity index (χ4v) is 4.35. The number of imide groups is 2. The summed E-state index contributed by atoms with van der Waals surface area (Å²) in [4.78, 5) is 56.1. The third-order valence-corrected chi connectivity index (χ3v) is 6.18. The van der Waals surface area contributed by atoms with Crippen molar-refractivity contribution in [3.63, 3.8) is 0 Å². The Labute approximate surface area is 178 Å². The first-order chi connectivity index (χ1) is 15.0. The quantitative estimate of drug-likeness (QED) is 0.621. The zero-order valence-electron chi connectivity index (χ0n) is 17.0. The minimum absolute atomic E-state index is 0.0924. The minimum Gasteiger partial charge on any atom is -0.406 e. The molecule has 3 fully saturated rings. The molecule has 4 aliphatic heterocycles. The summed E-state index contributed by atoms with van der Waals surface area (Å²) >= 11 is 0. The van der Waals surface area contributed by atoms with Crippen LogP contribution in [-0.4, -0.2) is 78.0 Å². The molecule has 0 saturated carbocycles. The molecule has 0 spiro atoms. The number of hydroxylamine groups is 2. The molecule has 0 radical (unpaired) electrons. The molecule has 1 unspecified atom stereocenters. The van der Waals surface area contributed by atoms with E-state index < -0.39 is 29.7 Å². The van der Waals surface area contributed by atoms with E-state index in [0.29, 0.717) is 24.9 Å². The van der Waals surface area contributed by atoms with Crippen LogP contribution in [0.25, 0.3) is 0 Å². The Hall–Kier alpha value is -2.82. The summed E-state index contributed by atoms with van der Waals surface area (Å²) < 4.78 is 6.01. The average Bonchev–Trinajstić information content (AvgIpc) is 2.96. The van der Waals surface area contributed by atoms with Gasteiger partial charge in [-0.15, -0.1) is 5.06 Å². The van der Waals surface area contributed by atoms with E-state index in [4.69, 9.17) is 9.57 Å². The van der Waals surface area contributed by atoms with Gasteiger partial charge in [0.05, 0.1) is 23.3 Å². The van der Waals surface area contributed by atoms with Crippen LogP contribution in [0.1, 0.15) is 46.4 Å². The molecule has 1 aromatic carbocycles. The summed E-state index contributed by atoms with van der Waals surface area (Å²) in [6, 6.07) is 3.78. The highest BCUT2D eigenvalue weighted by Crippen LogP contribution is 2.31. The molecule has 0 bridgehead atoms. The Morgan fingerprint density at radius 3 is 2.32 bits per heavy atom. The van der Waals surface area contributed by atoms with Gasteiger partial charge in [-0.2, -0.15) is 0 Å². The first-order valence-electron chi connectivity index (χ1n) is 10.6. The number of nitrogens with zero attached hydrogens (tertiary/aromatic N) is 2. The van der Waals surface area contributed by atoms with E-state index in [0.717, 1.165) is 30.8 Å². The Morgan fingerprint density at radius 1 is 0.903 bits per heavy atom. The van der Waals surface area contributed by atoms with Gasteiger partial charge in [0.15, 0.2) is 0 Å². The molecule has 0 aliphatic carbocycles. The molecule has 164 valence electrons. The van der Waals surface area contributed by atoms with Crippen LogP contribution in [0, 0.1) is 0 Å². The summed E-state index contributed by atoms with van der Waals surface area (Å²) in [6.07, 6.45) is 2.49. The number of ether oxygens (including phenoxy) is 1. The maximum absolute atomic E-state index is 12.9. The fraction of sp³-hybridized carbons (Fsp3) is 0.524. The summed E-state index contributed by atoms with van der Waals surface area (Å²) in [5.41, 5.74) is 0.450. The SMILES string of the molecule is O=C1CCC(N2C(=O)c3ccc(ON4CCC(OC5CNC5)CC4)cc3C2=O)C(=O)N1. The van der Waals surface area contributed by atoms with Gasteiger partial charge in [0.2, 0.25) is 11.8 Å². The van der Waals surface area contributed by atoms with E-state index in [9.17, 15) is 19.2 Å². The van der Waals surface area contributed by atoms with Gasteiger partial charge in [0, 0.05) is 32.6 Å². The number of carbonyl (C=O) groups is 4. The Kier molecular flexibility index (Phi) is 5.20. The molecular formula is C21H24N4O6. The second-order valence-corrected chi connectivity index (χ2v) is 8.29. The minimum atomic E-state index is -0.973. The second kappa shape index (κ2) is 8.03. The lowest BCUT2D eigenvalue weighted by Gasteiger charge is -2.36. The Bertz CT molecular complexity index is 938. The van der Waals surface area contributed by atoms with Crippen molar-refractivity contribution in [3.05, 3.63) is 29.3 Å². The molecule has 4 heterocycles. The highest BCUT2D eigenvalue weighted by molar-refractivity contribution is 6.23. The van der Waals surface area contributed by atoms with E-state index in [2.05, 4.69) is 10.6 Å². The Balaban J connectivity index is 1.23. The number of rotatable bonds is 5. The first-order valence-corrected chi connectivity index (χ1v) is 10.6. The maximum Gasteiger partial charge on any atom is 0.262 e. The van der Waals surface area contributed by atoms with Gasteiger partial charge in [-0.1, -0.05) is 0 Å². The van der Waals surface area contributed by atoms with Crippen molar-refractivity contribution in [3.8, 4) is 5.75 Å². The van der Waals surface area contributed by atoms with Crippen molar-refractivity contribution < 1.29 is 28.8 Å². The largest absolute Gasteiger partial charge is 0.406 e. The summed E-state index contributed by atoms with van der Waals surface area (Å²) in [7, 11) is 0. The van der Waals surface area contributed by atoms with Crippen LogP contribution < -0.4 is 15.5 Å². The van der Waals surface area contributed by atoms with Crippen LogP contribution in [0.5, 0.6) is 5.75 Å². The molecule has 4 amide bonds. The van der Waals surface area contributed by atoms with Crippen LogP contribution in [-0.2, 0) is 14.3 Å². The molecule has 0 aromatic heterocycles. The van der Waals surface area contributed by atoms with Crippen LogP contribution in [0.15, 0.2) is 18.2 Å². The molecule has 2 N–H and O–H groups in total. The Morgan fingerprint density at radius 2 is 1.65 bits per heavy atom. The molecule has 3 saturated heterocycles. The number of nitrogens with one attached hydrogen (secondary N) is 2. The van der Waals surface area contributed by atoms with Gasteiger partial charge in [-0.05, 0) is 37.5 Å². The summed E-state index contributed by atoms with van der Waals surface area (Å²) in [5, 5.41) is 7.22. The molecule has 31 heavy (non-hydrogen) atoms. The van der Waals surface area contributed by atoms with Crippen LogP contribution in [0.2, 0.25) is 0 Å². The number of amides is 4. The highest BCUT2D eigenvalue weighted by Gasteiger charge is 2.44. The number of fused-ring (bicyclic) bond motifs is 1. The standard InChI is InChI=1S/C21H24N4O6/c26-18-4-3-17(19(27)23-18)25-20(28)15-2-1-13(9-16(15)21(25)29)31-24-7-5-12(6-8-24)30-14-10-22-11-14/h1-2,9,12,14,17,22H,3-8,10-11H2,(H,23,26,27). The molecule has 1 aromatic rings. The van der Waals surface area contributed by atoms with Crippen LogP contribution >= 0.6 is 0 Å². The number of hydrogen-bond donors (Lipinski definition) is 2. The lowest BCUT2D eigenvalue weighted by atomic mass is 10.0. The van der Waals surface area contributed by atoms with E-state index in [1.807, 2.05) is 5.06 Å². The average molecular weight is 428 g/mol. The van der Waals surface area contributed by atoms with Gasteiger partial charge < -0.3 is 14.9 Å². The summed E-state index contributed by atoms with van der Waals surface area (Å²) in [5.74, 6) is -1.62. The number of piperidine rings is 2. The monoisotopic (exact) mass is 428 g/mol. The smallest absolute Gasteiger partial charge is 0.262 e. The van der Waals surface area contributed by atoms with Crippen molar-refractivity contribution in [1.82, 2.24) is 20.6 Å². The van der Waals surface area contributed by atoms with E-state index in [-0.39, 0.29) is 30.1 Å². The van der Waals surface area contributed by atoms with Gasteiger partial charge >= 0.3 is 0 Å². The molecule has 5 rings (SSSR count). The zero-order chi connectivity index (χ0) is 21.5. The second-order valence-electron chi connectivity index (χ2n) is 8.29. The number of hydrogen-bond acceptors (Lipinski definition) is 8. The van der Waals surface area contributed by atoms with Gasteiger partial charge in [-0.25, -0.2) is 0 Å². The van der Waals surface area contributed by atoms with Crippen molar-refractivity contribution in [1.29, 1.82) is 0 Å². The molecule has 10 heteroatoms. The fourth-order valence-electron chi connectivity index (χ4n) is 4.35. The third-order valence-electron chi connectivity index (χ3n) is 6.18. The van der Waals surface area contributed by atoms with E-state index >= 15 is 0 Å². The predicted octanol–water partition coefficient (Wildman–Crippen LogP) is -0.166.